The first-order chi connectivity index (χ1) is 6.22. The second kappa shape index (κ2) is 5.02. The Morgan fingerprint density at radius 2 is 2.38 bits per heavy atom. The maximum atomic E-state index is 4.34. The average Bonchev–Trinajstić information content (AvgIpc) is 2.48. The second-order valence-electron chi connectivity index (χ2n) is 3.53. The Morgan fingerprint density at radius 3 is 2.92 bits per heavy atom. The molecule has 1 heterocycles. The van der Waals surface area contributed by atoms with Gasteiger partial charge in [-0.1, -0.05) is 6.92 Å². The minimum absolute atomic E-state index is 0.499. The SMILES string of the molecule is CCCNC(C)Cn1ccc(C)n1. The number of hydrogen-bond donors (Lipinski definition) is 1. The number of rotatable bonds is 5. The monoisotopic (exact) mass is 181 g/mol. The molecule has 0 fully saturated rings. The number of hydrogen-bond acceptors (Lipinski definition) is 2. The Kier molecular flexibility index (Phi) is 3.96. The van der Waals surface area contributed by atoms with Crippen LogP contribution in [-0.2, 0) is 6.54 Å². The summed E-state index contributed by atoms with van der Waals surface area (Å²) in [5.74, 6) is 0. The summed E-state index contributed by atoms with van der Waals surface area (Å²) in [5, 5.41) is 7.76. The lowest BCUT2D eigenvalue weighted by molar-refractivity contribution is 0.451. The maximum absolute atomic E-state index is 4.34. The van der Waals surface area contributed by atoms with Gasteiger partial charge in [0.2, 0.25) is 0 Å². The average molecular weight is 181 g/mol. The second-order valence-corrected chi connectivity index (χ2v) is 3.53. The molecule has 3 heteroatoms. The molecule has 0 saturated carbocycles. The van der Waals surface area contributed by atoms with Gasteiger partial charge in [0.05, 0.1) is 12.2 Å². The van der Waals surface area contributed by atoms with Gasteiger partial charge in [0, 0.05) is 12.2 Å². The minimum atomic E-state index is 0.499. The third kappa shape index (κ3) is 3.59. The molecule has 0 spiro atoms. The zero-order valence-corrected chi connectivity index (χ0v) is 8.75. The van der Waals surface area contributed by atoms with Crippen molar-refractivity contribution >= 4 is 0 Å². The number of nitrogens with zero attached hydrogens (tertiary/aromatic N) is 2. The quantitative estimate of drug-likeness (QED) is 0.747. The summed E-state index contributed by atoms with van der Waals surface area (Å²) < 4.78 is 1.99. The fourth-order valence-corrected chi connectivity index (χ4v) is 1.30. The molecule has 1 rings (SSSR count). The van der Waals surface area contributed by atoms with Crippen LogP contribution in [0, 0.1) is 6.92 Å². The summed E-state index contributed by atoms with van der Waals surface area (Å²) in [5.41, 5.74) is 1.09. The van der Waals surface area contributed by atoms with Crippen LogP contribution in [0.1, 0.15) is 26.0 Å². The van der Waals surface area contributed by atoms with Crippen LogP contribution >= 0.6 is 0 Å². The van der Waals surface area contributed by atoms with E-state index in [0.29, 0.717) is 6.04 Å². The van der Waals surface area contributed by atoms with Crippen molar-refractivity contribution in [3.8, 4) is 0 Å². The van der Waals surface area contributed by atoms with Crippen molar-refractivity contribution in [1.82, 2.24) is 15.1 Å². The van der Waals surface area contributed by atoms with E-state index in [-0.39, 0.29) is 0 Å². The number of aromatic nitrogens is 2. The van der Waals surface area contributed by atoms with Gasteiger partial charge in [0.1, 0.15) is 0 Å². The summed E-state index contributed by atoms with van der Waals surface area (Å²) in [6, 6.07) is 2.53. The number of aryl methyl sites for hydroxylation is 1. The minimum Gasteiger partial charge on any atom is -0.312 e. The molecule has 74 valence electrons. The first kappa shape index (κ1) is 10.3. The fraction of sp³-hybridized carbons (Fsp3) is 0.700. The van der Waals surface area contributed by atoms with E-state index in [9.17, 15) is 0 Å². The molecule has 0 aliphatic heterocycles. The Bertz CT molecular complexity index is 242. The highest BCUT2D eigenvalue weighted by molar-refractivity contribution is 4.94. The summed E-state index contributed by atoms with van der Waals surface area (Å²) in [4.78, 5) is 0. The summed E-state index contributed by atoms with van der Waals surface area (Å²) >= 11 is 0. The van der Waals surface area contributed by atoms with Gasteiger partial charge in [-0.3, -0.25) is 4.68 Å². The molecule has 1 aromatic rings. The zero-order chi connectivity index (χ0) is 9.68. The lowest BCUT2D eigenvalue weighted by Gasteiger charge is -2.12. The molecule has 3 nitrogen and oxygen atoms in total. The van der Waals surface area contributed by atoms with Gasteiger partial charge in [-0.15, -0.1) is 0 Å². The van der Waals surface area contributed by atoms with E-state index in [1.165, 1.54) is 6.42 Å². The first-order valence-corrected chi connectivity index (χ1v) is 4.95. The van der Waals surface area contributed by atoms with E-state index in [4.69, 9.17) is 0 Å². The Hall–Kier alpha value is -0.830. The van der Waals surface area contributed by atoms with Gasteiger partial charge in [0.25, 0.3) is 0 Å². The molecular formula is C10H19N3. The fourth-order valence-electron chi connectivity index (χ4n) is 1.30. The Balaban J connectivity index is 2.31. The Morgan fingerprint density at radius 1 is 1.62 bits per heavy atom. The molecule has 13 heavy (non-hydrogen) atoms. The predicted octanol–water partition coefficient (Wildman–Crippen LogP) is 1.58. The summed E-state index contributed by atoms with van der Waals surface area (Å²) in [7, 11) is 0. The van der Waals surface area contributed by atoms with Gasteiger partial charge < -0.3 is 5.32 Å². The van der Waals surface area contributed by atoms with Crippen molar-refractivity contribution in [2.75, 3.05) is 6.54 Å². The Labute approximate surface area is 80.1 Å². The molecule has 1 aromatic heterocycles. The van der Waals surface area contributed by atoms with Gasteiger partial charge in [0.15, 0.2) is 0 Å². The highest BCUT2D eigenvalue weighted by Gasteiger charge is 2.01. The van der Waals surface area contributed by atoms with Crippen LogP contribution in [0.25, 0.3) is 0 Å². The zero-order valence-electron chi connectivity index (χ0n) is 8.75. The molecule has 1 N–H and O–H groups in total. The van der Waals surface area contributed by atoms with Crippen LogP contribution in [0.3, 0.4) is 0 Å². The van der Waals surface area contributed by atoms with Gasteiger partial charge in [-0.2, -0.15) is 5.10 Å². The normalized spacial score (nSPS) is 13.2. The molecule has 0 aromatic carbocycles. The molecule has 1 unspecified atom stereocenters. The van der Waals surface area contributed by atoms with Crippen LogP contribution in [0.15, 0.2) is 12.3 Å². The van der Waals surface area contributed by atoms with Crippen molar-refractivity contribution in [2.24, 2.45) is 0 Å². The van der Waals surface area contributed by atoms with Crippen molar-refractivity contribution < 1.29 is 0 Å². The molecule has 0 aliphatic rings. The van der Waals surface area contributed by atoms with Crippen LogP contribution in [0.5, 0.6) is 0 Å². The van der Waals surface area contributed by atoms with Gasteiger partial charge >= 0.3 is 0 Å². The summed E-state index contributed by atoms with van der Waals surface area (Å²) in [6.07, 6.45) is 3.21. The standard InChI is InChI=1S/C10H19N3/c1-4-6-11-10(3)8-13-7-5-9(2)12-13/h5,7,10-11H,4,6,8H2,1-3H3. The molecule has 0 aliphatic carbocycles. The highest BCUT2D eigenvalue weighted by Crippen LogP contribution is 1.95. The van der Waals surface area contributed by atoms with Crippen LogP contribution in [0.2, 0.25) is 0 Å². The van der Waals surface area contributed by atoms with E-state index in [0.717, 1.165) is 18.8 Å². The van der Waals surface area contributed by atoms with Crippen molar-refractivity contribution in [1.29, 1.82) is 0 Å². The molecule has 0 saturated heterocycles. The third-order valence-electron chi connectivity index (χ3n) is 1.98. The lowest BCUT2D eigenvalue weighted by atomic mass is 10.3. The van der Waals surface area contributed by atoms with E-state index in [1.54, 1.807) is 0 Å². The molecule has 0 amide bonds. The third-order valence-corrected chi connectivity index (χ3v) is 1.98. The van der Waals surface area contributed by atoms with Crippen LogP contribution in [0.4, 0.5) is 0 Å². The molecule has 0 bridgehead atoms. The van der Waals surface area contributed by atoms with Crippen LogP contribution in [-0.4, -0.2) is 22.4 Å². The lowest BCUT2D eigenvalue weighted by Crippen LogP contribution is -2.31. The molecule has 0 radical (unpaired) electrons. The summed E-state index contributed by atoms with van der Waals surface area (Å²) in [6.45, 7) is 8.42. The van der Waals surface area contributed by atoms with Crippen LogP contribution < -0.4 is 5.32 Å². The maximum Gasteiger partial charge on any atom is 0.0593 e. The highest BCUT2D eigenvalue weighted by atomic mass is 15.3. The van der Waals surface area contributed by atoms with Gasteiger partial charge in [-0.25, -0.2) is 0 Å². The van der Waals surface area contributed by atoms with E-state index in [2.05, 4.69) is 24.3 Å². The van der Waals surface area contributed by atoms with Crippen molar-refractivity contribution in [2.45, 2.75) is 39.8 Å². The van der Waals surface area contributed by atoms with E-state index >= 15 is 0 Å². The molecule has 1 atom stereocenters. The smallest absolute Gasteiger partial charge is 0.0593 e. The van der Waals surface area contributed by atoms with Crippen molar-refractivity contribution in [3.05, 3.63) is 18.0 Å². The molecular weight excluding hydrogens is 162 g/mol. The van der Waals surface area contributed by atoms with Gasteiger partial charge in [-0.05, 0) is 32.9 Å². The largest absolute Gasteiger partial charge is 0.312 e. The van der Waals surface area contributed by atoms with E-state index < -0.39 is 0 Å². The van der Waals surface area contributed by atoms with Crippen molar-refractivity contribution in [3.63, 3.8) is 0 Å². The van der Waals surface area contributed by atoms with E-state index in [1.807, 2.05) is 23.9 Å². The first-order valence-electron chi connectivity index (χ1n) is 4.95. The number of nitrogens with one attached hydrogen (secondary N) is 1. The predicted molar refractivity (Wildman–Crippen MR) is 54.7 cm³/mol. The topological polar surface area (TPSA) is 29.9 Å².